The number of benzene rings is 1. The summed E-state index contributed by atoms with van der Waals surface area (Å²) in [6.45, 7) is 1.17. The van der Waals surface area contributed by atoms with Crippen molar-refractivity contribution in [3.63, 3.8) is 0 Å². The van der Waals surface area contributed by atoms with Crippen molar-refractivity contribution >= 4 is 16.6 Å². The summed E-state index contributed by atoms with van der Waals surface area (Å²) < 4.78 is 0. The Bertz CT molecular complexity index is 741. The van der Waals surface area contributed by atoms with Gasteiger partial charge in [0.25, 0.3) is 0 Å². The van der Waals surface area contributed by atoms with Gasteiger partial charge in [-0.15, -0.1) is 0 Å². The summed E-state index contributed by atoms with van der Waals surface area (Å²) in [6.07, 6.45) is 8.50. The highest BCUT2D eigenvalue weighted by Crippen LogP contribution is 2.32. The van der Waals surface area contributed by atoms with Crippen molar-refractivity contribution in [2.75, 3.05) is 13.2 Å². The van der Waals surface area contributed by atoms with Gasteiger partial charge < -0.3 is 10.1 Å². The highest BCUT2D eigenvalue weighted by molar-refractivity contribution is 6.06. The zero-order chi connectivity index (χ0) is 14.9. The van der Waals surface area contributed by atoms with Gasteiger partial charge in [-0.2, -0.15) is 0 Å². The molecule has 3 nitrogen and oxygen atoms in total. The molecule has 114 valence electrons. The summed E-state index contributed by atoms with van der Waals surface area (Å²) in [7, 11) is 0. The Morgan fingerprint density at radius 2 is 1.95 bits per heavy atom. The zero-order valence-corrected chi connectivity index (χ0v) is 12.8. The molecule has 1 aromatic carbocycles. The average Bonchev–Trinajstić information content (AvgIpc) is 2.95. The van der Waals surface area contributed by atoms with Gasteiger partial charge in [-0.1, -0.05) is 30.4 Å². The minimum Gasteiger partial charge on any atom is -0.396 e. The molecule has 0 bridgehead atoms. The Hall–Kier alpha value is -1.87. The van der Waals surface area contributed by atoms with E-state index in [1.54, 1.807) is 0 Å². The maximum absolute atomic E-state index is 9.62. The fourth-order valence-electron chi connectivity index (χ4n) is 3.90. The van der Waals surface area contributed by atoms with Crippen LogP contribution in [0.15, 0.2) is 41.4 Å². The number of aromatic nitrogens is 1. The van der Waals surface area contributed by atoms with Gasteiger partial charge in [0.2, 0.25) is 0 Å². The first-order valence-electron chi connectivity index (χ1n) is 8.26. The smallest absolute Gasteiger partial charge is 0.0638 e. The van der Waals surface area contributed by atoms with E-state index in [9.17, 15) is 5.11 Å². The molecule has 0 amide bonds. The largest absolute Gasteiger partial charge is 0.396 e. The number of aliphatic hydroxyl groups is 1. The molecule has 0 unspecified atom stereocenters. The van der Waals surface area contributed by atoms with Gasteiger partial charge >= 0.3 is 0 Å². The van der Waals surface area contributed by atoms with E-state index in [2.05, 4.69) is 41.4 Å². The predicted molar refractivity (Wildman–Crippen MR) is 90.5 cm³/mol. The SMILES string of the molecule is OC[C@H]1CC=CC[C@H]1CC1=NCCc2c1[nH]c1ccccc21. The number of rotatable bonds is 3. The lowest BCUT2D eigenvalue weighted by atomic mass is 9.79. The number of aliphatic imine (C=N–C) groups is 1. The molecular formula is C19H22N2O. The number of allylic oxidation sites excluding steroid dienone is 2. The molecule has 4 rings (SSSR count). The van der Waals surface area contributed by atoms with E-state index in [4.69, 9.17) is 4.99 Å². The van der Waals surface area contributed by atoms with Crippen LogP contribution in [0.5, 0.6) is 0 Å². The fourth-order valence-corrected chi connectivity index (χ4v) is 3.90. The summed E-state index contributed by atoms with van der Waals surface area (Å²) in [5.74, 6) is 0.883. The third kappa shape index (κ3) is 2.30. The Morgan fingerprint density at radius 1 is 1.14 bits per heavy atom. The maximum atomic E-state index is 9.62. The van der Waals surface area contributed by atoms with Crippen LogP contribution in [0.2, 0.25) is 0 Å². The van der Waals surface area contributed by atoms with Crippen LogP contribution in [0.1, 0.15) is 30.5 Å². The van der Waals surface area contributed by atoms with Crippen LogP contribution in [-0.2, 0) is 6.42 Å². The normalized spacial score (nSPS) is 24.3. The van der Waals surface area contributed by atoms with Crippen LogP contribution >= 0.6 is 0 Å². The van der Waals surface area contributed by atoms with Gasteiger partial charge in [-0.25, -0.2) is 0 Å². The number of H-pyrrole nitrogens is 1. The lowest BCUT2D eigenvalue weighted by Gasteiger charge is -2.28. The maximum Gasteiger partial charge on any atom is 0.0638 e. The van der Waals surface area contributed by atoms with Gasteiger partial charge in [0, 0.05) is 24.1 Å². The Labute approximate surface area is 130 Å². The summed E-state index contributed by atoms with van der Waals surface area (Å²) >= 11 is 0. The second-order valence-electron chi connectivity index (χ2n) is 6.45. The highest BCUT2D eigenvalue weighted by atomic mass is 16.3. The van der Waals surface area contributed by atoms with E-state index in [1.165, 1.54) is 27.9 Å². The number of nitrogens with zero attached hydrogens (tertiary/aromatic N) is 1. The average molecular weight is 294 g/mol. The summed E-state index contributed by atoms with van der Waals surface area (Å²) in [5, 5.41) is 11.0. The van der Waals surface area contributed by atoms with Crippen LogP contribution in [0.4, 0.5) is 0 Å². The molecule has 0 saturated carbocycles. The Morgan fingerprint density at radius 3 is 2.82 bits per heavy atom. The Kier molecular flexibility index (Phi) is 3.59. The van der Waals surface area contributed by atoms with Gasteiger partial charge in [-0.05, 0) is 49.1 Å². The first-order valence-corrected chi connectivity index (χ1v) is 8.26. The van der Waals surface area contributed by atoms with Crippen molar-refractivity contribution in [2.45, 2.75) is 25.7 Å². The van der Waals surface area contributed by atoms with E-state index in [0.29, 0.717) is 11.8 Å². The van der Waals surface area contributed by atoms with E-state index in [0.717, 1.165) is 32.2 Å². The Balaban J connectivity index is 1.66. The first kappa shape index (κ1) is 13.8. The van der Waals surface area contributed by atoms with Crippen molar-refractivity contribution in [3.05, 3.63) is 47.7 Å². The number of fused-ring (bicyclic) bond motifs is 3. The van der Waals surface area contributed by atoms with Crippen LogP contribution < -0.4 is 0 Å². The minimum atomic E-state index is 0.280. The molecule has 1 aliphatic carbocycles. The molecule has 3 heteroatoms. The number of nitrogens with one attached hydrogen (secondary N) is 1. The highest BCUT2D eigenvalue weighted by Gasteiger charge is 2.27. The molecule has 2 aromatic rings. The second kappa shape index (κ2) is 5.73. The van der Waals surface area contributed by atoms with Crippen molar-refractivity contribution in [1.82, 2.24) is 4.98 Å². The van der Waals surface area contributed by atoms with E-state index < -0.39 is 0 Å². The van der Waals surface area contributed by atoms with Gasteiger partial charge in [-0.3, -0.25) is 4.99 Å². The van der Waals surface area contributed by atoms with Gasteiger partial charge in [0.05, 0.1) is 11.4 Å². The van der Waals surface area contributed by atoms with Crippen LogP contribution in [0.3, 0.4) is 0 Å². The van der Waals surface area contributed by atoms with E-state index in [1.807, 2.05) is 0 Å². The van der Waals surface area contributed by atoms with E-state index in [-0.39, 0.29) is 6.61 Å². The minimum absolute atomic E-state index is 0.280. The van der Waals surface area contributed by atoms with Gasteiger partial charge in [0.15, 0.2) is 0 Å². The molecule has 0 saturated heterocycles. The molecule has 22 heavy (non-hydrogen) atoms. The lowest BCUT2D eigenvalue weighted by Crippen LogP contribution is -2.25. The zero-order valence-electron chi connectivity index (χ0n) is 12.8. The molecule has 2 N–H and O–H groups in total. The van der Waals surface area contributed by atoms with Crippen LogP contribution in [-0.4, -0.2) is 29.0 Å². The first-order chi connectivity index (χ1) is 10.9. The molecule has 2 heterocycles. The third-order valence-corrected chi connectivity index (χ3v) is 5.17. The molecular weight excluding hydrogens is 272 g/mol. The standard InChI is InChI=1S/C19H22N2O/c22-12-14-6-2-1-5-13(14)11-18-19-16(9-10-20-18)15-7-3-4-8-17(15)21-19/h1-4,7-8,13-14,21-22H,5-6,9-12H2/t13-,14+/m0/s1. The van der Waals surface area contributed by atoms with E-state index >= 15 is 0 Å². The topological polar surface area (TPSA) is 48.4 Å². The van der Waals surface area contributed by atoms with Crippen molar-refractivity contribution in [3.8, 4) is 0 Å². The summed E-state index contributed by atoms with van der Waals surface area (Å²) in [6, 6.07) is 8.53. The molecule has 2 aliphatic rings. The van der Waals surface area contributed by atoms with Crippen LogP contribution in [0.25, 0.3) is 10.9 Å². The predicted octanol–water partition coefficient (Wildman–Crippen LogP) is 3.48. The molecule has 0 spiro atoms. The summed E-state index contributed by atoms with van der Waals surface area (Å²) in [5.41, 5.74) is 5.08. The lowest BCUT2D eigenvalue weighted by molar-refractivity contribution is 0.174. The second-order valence-corrected chi connectivity index (χ2v) is 6.45. The van der Waals surface area contributed by atoms with Gasteiger partial charge in [0.1, 0.15) is 0 Å². The molecule has 1 aromatic heterocycles. The summed E-state index contributed by atoms with van der Waals surface area (Å²) in [4.78, 5) is 8.39. The third-order valence-electron chi connectivity index (χ3n) is 5.17. The number of aliphatic hydroxyl groups excluding tert-OH is 1. The van der Waals surface area contributed by atoms with Crippen molar-refractivity contribution < 1.29 is 5.11 Å². The number of hydrogen-bond acceptors (Lipinski definition) is 2. The van der Waals surface area contributed by atoms with Crippen molar-refractivity contribution in [2.24, 2.45) is 16.8 Å². The molecule has 1 aliphatic heterocycles. The molecule has 0 fully saturated rings. The monoisotopic (exact) mass is 294 g/mol. The quantitative estimate of drug-likeness (QED) is 0.837. The number of hydrogen-bond donors (Lipinski definition) is 2. The van der Waals surface area contributed by atoms with Crippen LogP contribution in [0, 0.1) is 11.8 Å². The number of aromatic amines is 1. The van der Waals surface area contributed by atoms with Crippen molar-refractivity contribution in [1.29, 1.82) is 0 Å². The number of para-hydroxylation sites is 1. The fraction of sp³-hybridized carbons (Fsp3) is 0.421. The molecule has 0 radical (unpaired) electrons. The molecule has 2 atom stereocenters.